The number of carbonyl (C=O) groups excluding carboxylic acids is 1. The Balaban J connectivity index is 1.20. The van der Waals surface area contributed by atoms with Gasteiger partial charge in [0.05, 0.1) is 26.9 Å². The van der Waals surface area contributed by atoms with Crippen molar-refractivity contribution in [1.82, 2.24) is 25.1 Å². The number of amides is 1. The van der Waals surface area contributed by atoms with Gasteiger partial charge in [0.1, 0.15) is 24.0 Å². The Labute approximate surface area is 223 Å². The molecule has 4 heterocycles. The maximum Gasteiger partial charge on any atom is 0.282 e. The fraction of sp³-hybridized carbons (Fsp3) is 0.375. The molecule has 1 amide bonds. The molecule has 1 saturated heterocycles. The first-order valence-corrected chi connectivity index (χ1v) is 12.8. The van der Waals surface area contributed by atoms with Gasteiger partial charge in [-0.15, -0.1) is 11.3 Å². The van der Waals surface area contributed by atoms with Gasteiger partial charge in [-0.2, -0.15) is 5.10 Å². The number of thiazole rings is 1. The van der Waals surface area contributed by atoms with Crippen LogP contribution in [0.4, 0.5) is 23.2 Å². The van der Waals surface area contributed by atoms with Gasteiger partial charge in [0.25, 0.3) is 18.5 Å². The Hall–Kier alpha value is -3.85. The Morgan fingerprint density at radius 2 is 1.95 bits per heavy atom. The molecule has 5 rings (SSSR count). The molecule has 2 aliphatic heterocycles. The summed E-state index contributed by atoms with van der Waals surface area (Å²) in [6, 6.07) is 6.95. The highest BCUT2D eigenvalue weighted by Gasteiger charge is 2.30. The van der Waals surface area contributed by atoms with E-state index >= 15 is 0 Å². The Kier molecular flexibility index (Phi) is 7.61. The minimum atomic E-state index is -3.03. The first-order valence-electron chi connectivity index (χ1n) is 12.0. The summed E-state index contributed by atoms with van der Waals surface area (Å²) >= 11 is 1.44. The number of alkyl halides is 4. The lowest BCUT2D eigenvalue weighted by Gasteiger charge is -2.31. The second kappa shape index (κ2) is 11.1. The van der Waals surface area contributed by atoms with E-state index in [0.717, 1.165) is 5.01 Å². The van der Waals surface area contributed by atoms with Gasteiger partial charge in [-0.05, 0) is 31.1 Å². The average Bonchev–Trinajstić information content (AvgIpc) is 3.68. The molecule has 2 aliphatic rings. The molecule has 15 heteroatoms. The monoisotopic (exact) mass is 566 g/mol. The number of nitrogens with zero attached hydrogens (tertiary/aromatic N) is 5. The van der Waals surface area contributed by atoms with Crippen LogP contribution in [0, 0.1) is 10.1 Å². The molecule has 1 unspecified atom stereocenters. The van der Waals surface area contributed by atoms with Crippen molar-refractivity contribution < 1.29 is 32.1 Å². The number of rotatable bonds is 8. The highest BCUT2D eigenvalue weighted by atomic mass is 32.1. The number of nitrogens with one attached hydrogen (secondary N) is 1. The standard InChI is InChI=1S/C24H22F4N6O4S/c25-22(26)16-9-19(23(27)28)33(30-16)11-21(35)32-7-5-13(6-8-32)24-29-17(12-39-24)15-10-20(38-31-15)14-3-1-2-4-18(14)34(36)37/h1-4,9-10,12-13,20,22-23,31H,5-8,11H2. The molecule has 1 fully saturated rings. The van der Waals surface area contributed by atoms with Gasteiger partial charge in [-0.1, -0.05) is 12.1 Å². The van der Waals surface area contributed by atoms with Crippen LogP contribution < -0.4 is 5.48 Å². The molecule has 0 saturated carbocycles. The number of halogens is 4. The topological polar surface area (TPSA) is 115 Å². The fourth-order valence-corrected chi connectivity index (χ4v) is 5.59. The zero-order valence-corrected chi connectivity index (χ0v) is 21.0. The number of hydrogen-bond donors (Lipinski definition) is 1. The van der Waals surface area contributed by atoms with Crippen molar-refractivity contribution in [3.8, 4) is 0 Å². The number of hydroxylamine groups is 1. The number of nitro groups is 1. The van der Waals surface area contributed by atoms with Crippen molar-refractivity contribution in [2.24, 2.45) is 0 Å². The third-order valence-electron chi connectivity index (χ3n) is 6.61. The number of benzene rings is 1. The first-order chi connectivity index (χ1) is 18.7. The molecule has 3 aromatic rings. The molecule has 206 valence electrons. The van der Waals surface area contributed by atoms with Gasteiger partial charge in [-0.25, -0.2) is 22.5 Å². The Bertz CT molecular complexity index is 1400. The van der Waals surface area contributed by atoms with Crippen LogP contribution in [0.25, 0.3) is 5.70 Å². The van der Waals surface area contributed by atoms with E-state index in [0.29, 0.717) is 53.6 Å². The maximum absolute atomic E-state index is 13.2. The van der Waals surface area contributed by atoms with Gasteiger partial charge in [0.15, 0.2) is 0 Å². The van der Waals surface area contributed by atoms with E-state index in [1.807, 2.05) is 5.38 Å². The van der Waals surface area contributed by atoms with Gasteiger partial charge in [0.2, 0.25) is 5.91 Å². The Morgan fingerprint density at radius 3 is 2.64 bits per heavy atom. The SMILES string of the molecule is O=C(Cn1nc(C(F)F)cc1C(F)F)N1CCC(c2nc(C3=CC(c4ccccc4[N+](=O)[O-])ON3)cs2)CC1. The zero-order chi connectivity index (χ0) is 27.7. The minimum absolute atomic E-state index is 0.0467. The third kappa shape index (κ3) is 5.63. The fourth-order valence-electron chi connectivity index (χ4n) is 4.60. The van der Waals surface area contributed by atoms with Crippen molar-refractivity contribution >= 4 is 28.6 Å². The van der Waals surface area contributed by atoms with E-state index in [2.05, 4.69) is 10.6 Å². The van der Waals surface area contributed by atoms with Crippen LogP contribution in [-0.2, 0) is 16.2 Å². The number of piperidine rings is 1. The van der Waals surface area contributed by atoms with Crippen LogP contribution in [-0.4, -0.2) is 43.6 Å². The summed E-state index contributed by atoms with van der Waals surface area (Å²) in [5, 5.41) is 17.5. The van der Waals surface area contributed by atoms with Crippen LogP contribution >= 0.6 is 11.3 Å². The number of para-hydroxylation sites is 1. The third-order valence-corrected chi connectivity index (χ3v) is 7.62. The number of hydrogen-bond acceptors (Lipinski definition) is 8. The normalized spacial score (nSPS) is 18.1. The van der Waals surface area contributed by atoms with E-state index in [9.17, 15) is 32.5 Å². The largest absolute Gasteiger partial charge is 0.341 e. The highest BCUT2D eigenvalue weighted by molar-refractivity contribution is 7.09. The molecule has 0 aliphatic carbocycles. The van der Waals surface area contributed by atoms with Crippen LogP contribution in [0.5, 0.6) is 0 Å². The minimum Gasteiger partial charge on any atom is -0.341 e. The summed E-state index contributed by atoms with van der Waals surface area (Å²) in [6.45, 7) is 0.170. The van der Waals surface area contributed by atoms with Crippen molar-refractivity contribution in [3.63, 3.8) is 0 Å². The molecule has 0 bridgehead atoms. The van der Waals surface area contributed by atoms with E-state index in [4.69, 9.17) is 9.82 Å². The maximum atomic E-state index is 13.2. The molecule has 2 aromatic heterocycles. The summed E-state index contributed by atoms with van der Waals surface area (Å²) in [7, 11) is 0. The molecular weight excluding hydrogens is 544 g/mol. The summed E-state index contributed by atoms with van der Waals surface area (Å²) in [6.07, 6.45) is -3.80. The predicted octanol–water partition coefficient (Wildman–Crippen LogP) is 5.15. The van der Waals surface area contributed by atoms with Crippen LogP contribution in [0.3, 0.4) is 0 Å². The summed E-state index contributed by atoms with van der Waals surface area (Å²) in [5.74, 6) is -0.411. The van der Waals surface area contributed by atoms with E-state index in [1.54, 1.807) is 24.3 Å². The molecule has 1 aromatic carbocycles. The van der Waals surface area contributed by atoms with E-state index < -0.39 is 47.7 Å². The first kappa shape index (κ1) is 26.7. The lowest BCUT2D eigenvalue weighted by molar-refractivity contribution is -0.386. The summed E-state index contributed by atoms with van der Waals surface area (Å²) in [4.78, 5) is 35.3. The summed E-state index contributed by atoms with van der Waals surface area (Å²) < 4.78 is 52.9. The Morgan fingerprint density at radius 1 is 1.21 bits per heavy atom. The molecule has 10 nitrogen and oxygen atoms in total. The van der Waals surface area contributed by atoms with Gasteiger partial charge in [-0.3, -0.25) is 29.9 Å². The quantitative estimate of drug-likeness (QED) is 0.228. The molecule has 0 radical (unpaired) electrons. The molecule has 1 N–H and O–H groups in total. The number of nitro benzene ring substituents is 1. The molecular formula is C24H22F4N6O4S. The van der Waals surface area contributed by atoms with Crippen molar-refractivity contribution in [2.75, 3.05) is 13.1 Å². The molecule has 1 atom stereocenters. The van der Waals surface area contributed by atoms with Crippen LogP contribution in [0.1, 0.15) is 65.4 Å². The van der Waals surface area contributed by atoms with E-state index in [1.165, 1.54) is 22.3 Å². The highest BCUT2D eigenvalue weighted by Crippen LogP contribution is 2.36. The van der Waals surface area contributed by atoms with Crippen LogP contribution in [0.2, 0.25) is 0 Å². The van der Waals surface area contributed by atoms with Crippen molar-refractivity contribution in [1.29, 1.82) is 0 Å². The van der Waals surface area contributed by atoms with E-state index in [-0.39, 0.29) is 11.6 Å². The van der Waals surface area contributed by atoms with Crippen molar-refractivity contribution in [3.05, 3.63) is 79.6 Å². The molecule has 0 spiro atoms. The predicted molar refractivity (Wildman–Crippen MR) is 131 cm³/mol. The molecule has 39 heavy (non-hydrogen) atoms. The lowest BCUT2D eigenvalue weighted by atomic mass is 9.97. The lowest BCUT2D eigenvalue weighted by Crippen LogP contribution is -2.40. The van der Waals surface area contributed by atoms with Crippen LogP contribution in [0.15, 0.2) is 41.8 Å². The zero-order valence-electron chi connectivity index (χ0n) is 20.2. The number of aromatic nitrogens is 3. The average molecular weight is 567 g/mol. The van der Waals surface area contributed by atoms with Gasteiger partial charge >= 0.3 is 0 Å². The smallest absolute Gasteiger partial charge is 0.282 e. The van der Waals surface area contributed by atoms with Gasteiger partial charge < -0.3 is 4.90 Å². The number of carbonyl (C=O) groups is 1. The second-order valence-electron chi connectivity index (χ2n) is 9.02. The second-order valence-corrected chi connectivity index (χ2v) is 9.91. The summed E-state index contributed by atoms with van der Waals surface area (Å²) in [5.41, 5.74) is 2.87. The van der Waals surface area contributed by atoms with Gasteiger partial charge in [0, 0.05) is 30.5 Å². The number of likely N-dealkylation sites (tertiary alicyclic amines) is 1. The van der Waals surface area contributed by atoms with Crippen molar-refractivity contribution in [2.45, 2.75) is 44.3 Å².